The second-order valence-corrected chi connectivity index (χ2v) is 17.9. The Balaban J connectivity index is 0.00000224. The summed E-state index contributed by atoms with van der Waals surface area (Å²) in [6, 6.07) is 13.8. The second-order valence-electron chi connectivity index (χ2n) is 16.7. The molecule has 4 fully saturated rings. The number of hydrogen-bond donors (Lipinski definition) is 1. The molecule has 0 aromatic heterocycles. The van der Waals surface area contributed by atoms with Crippen LogP contribution in [-0.2, 0) is 16.0 Å². The number of nitrogens with zero attached hydrogens (tertiary/aromatic N) is 5. The zero-order valence-electron chi connectivity index (χ0n) is 31.3. The van der Waals surface area contributed by atoms with Crippen LogP contribution in [0.5, 0.6) is 0 Å². The van der Waals surface area contributed by atoms with Crippen LogP contribution in [0.2, 0.25) is 0 Å². The van der Waals surface area contributed by atoms with Crippen molar-refractivity contribution in [1.82, 2.24) is 19.6 Å². The van der Waals surface area contributed by atoms with Crippen LogP contribution in [0.4, 0.5) is 20.6 Å². The van der Waals surface area contributed by atoms with Crippen molar-refractivity contribution in [2.24, 2.45) is 5.41 Å². The molecular weight excluding hydrogens is 676 g/mol. The summed E-state index contributed by atoms with van der Waals surface area (Å²) in [6.07, 6.45) is 9.04. The first-order valence-electron chi connectivity index (χ1n) is 19.7. The Labute approximate surface area is 318 Å². The minimum Gasteiger partial charge on any atom is -0.369 e. The number of nitrogens with one attached hydrogen (secondary N) is 1. The standard InChI is InChI=1S/C41H57FN6O3S.3H2/c1-41(2,3)19-27-48-38(50)35(28-36(49)45-22-17-31(18-23-45)47-26-14-29-10-5-6-13-34(29)43-40(47)51)52-39(48)32-11-9-12-33(42)37(32)46-24-15-30(16-25-46)44-20-7-4-8-21-44;;;/h5-6,9-13,30-31,35,39H,4,7-8,14-28H2,1-3H3,(H,43,51);3*1H/t35-,39?;;;/m0.../s1. The van der Waals surface area contributed by atoms with Crippen molar-refractivity contribution in [3.05, 3.63) is 59.4 Å². The molecule has 2 aromatic carbocycles. The highest BCUT2D eigenvalue weighted by molar-refractivity contribution is 8.01. The van der Waals surface area contributed by atoms with E-state index in [1.165, 1.54) is 44.1 Å². The van der Waals surface area contributed by atoms with Gasteiger partial charge in [-0.25, -0.2) is 9.18 Å². The molecule has 4 amide bonds. The highest BCUT2D eigenvalue weighted by Gasteiger charge is 2.45. The van der Waals surface area contributed by atoms with Crippen LogP contribution in [0.15, 0.2) is 42.5 Å². The summed E-state index contributed by atoms with van der Waals surface area (Å²) in [5.74, 6) is -0.280. The Hall–Kier alpha value is -3.31. The highest BCUT2D eigenvalue weighted by atomic mass is 32.2. The fraction of sp³-hybridized carbons (Fsp3) is 0.634. The lowest BCUT2D eigenvalue weighted by Gasteiger charge is -2.42. The molecule has 11 heteroatoms. The molecule has 1 unspecified atom stereocenters. The first-order chi connectivity index (χ1) is 25.1. The number of rotatable bonds is 8. The van der Waals surface area contributed by atoms with E-state index in [1.807, 2.05) is 39.0 Å². The predicted molar refractivity (Wildman–Crippen MR) is 213 cm³/mol. The number of para-hydroxylation sites is 2. The van der Waals surface area contributed by atoms with E-state index in [-0.39, 0.29) is 51.2 Å². The maximum Gasteiger partial charge on any atom is 0.322 e. The lowest BCUT2D eigenvalue weighted by molar-refractivity contribution is -0.137. The van der Waals surface area contributed by atoms with Crippen LogP contribution >= 0.6 is 11.8 Å². The molecular formula is C41H63FN6O3S. The maximum absolute atomic E-state index is 15.9. The van der Waals surface area contributed by atoms with E-state index in [9.17, 15) is 14.4 Å². The van der Waals surface area contributed by atoms with Gasteiger partial charge in [0, 0.05) is 73.3 Å². The number of urea groups is 1. The molecule has 288 valence electrons. The summed E-state index contributed by atoms with van der Waals surface area (Å²) < 4.78 is 15.9. The van der Waals surface area contributed by atoms with Gasteiger partial charge in [-0.2, -0.15) is 0 Å². The third-order valence-corrected chi connectivity index (χ3v) is 13.4. The van der Waals surface area contributed by atoms with E-state index in [0.29, 0.717) is 50.7 Å². The van der Waals surface area contributed by atoms with Crippen LogP contribution in [-0.4, -0.2) is 107 Å². The van der Waals surface area contributed by atoms with Crippen LogP contribution < -0.4 is 10.2 Å². The molecule has 0 aliphatic carbocycles. The van der Waals surface area contributed by atoms with Crippen molar-refractivity contribution in [1.29, 1.82) is 0 Å². The van der Waals surface area contributed by atoms with Crippen molar-refractivity contribution >= 4 is 41.0 Å². The maximum atomic E-state index is 15.9. The Morgan fingerprint density at radius 1 is 0.885 bits per heavy atom. The molecule has 4 saturated heterocycles. The average molecular weight is 739 g/mol. The van der Waals surface area contributed by atoms with Gasteiger partial charge in [-0.05, 0) is 87.6 Å². The minimum absolute atomic E-state index is 0. The number of anilines is 2. The van der Waals surface area contributed by atoms with E-state index in [4.69, 9.17) is 0 Å². The Morgan fingerprint density at radius 3 is 2.33 bits per heavy atom. The monoisotopic (exact) mass is 738 g/mol. The van der Waals surface area contributed by atoms with Gasteiger partial charge in [-0.3, -0.25) is 9.59 Å². The lowest BCUT2D eigenvalue weighted by Crippen LogP contribution is -2.50. The number of carbonyl (C=O) groups is 3. The third-order valence-electron chi connectivity index (χ3n) is 12.0. The number of benzene rings is 2. The van der Waals surface area contributed by atoms with Gasteiger partial charge in [0.1, 0.15) is 11.2 Å². The molecule has 0 radical (unpaired) electrons. The second kappa shape index (κ2) is 16.0. The zero-order chi connectivity index (χ0) is 36.4. The van der Waals surface area contributed by atoms with Crippen molar-refractivity contribution < 1.29 is 23.1 Å². The first-order valence-corrected chi connectivity index (χ1v) is 20.7. The fourth-order valence-corrected chi connectivity index (χ4v) is 10.4. The average Bonchev–Trinajstić information content (AvgIpc) is 3.34. The normalized spacial score (nSPS) is 24.2. The van der Waals surface area contributed by atoms with Gasteiger partial charge in [0.25, 0.3) is 0 Å². The first kappa shape index (κ1) is 37.0. The molecule has 9 nitrogen and oxygen atoms in total. The molecule has 1 N–H and O–H groups in total. The molecule has 5 aliphatic rings. The topological polar surface area (TPSA) is 79.4 Å². The van der Waals surface area contributed by atoms with Crippen LogP contribution in [0, 0.1) is 11.2 Å². The smallest absolute Gasteiger partial charge is 0.322 e. The molecule has 5 heterocycles. The van der Waals surface area contributed by atoms with Crippen LogP contribution in [0.1, 0.15) is 99.3 Å². The molecule has 0 saturated carbocycles. The zero-order valence-corrected chi connectivity index (χ0v) is 32.1. The number of thioether (sulfide) groups is 1. The quantitative estimate of drug-likeness (QED) is 0.297. The molecule has 2 atom stereocenters. The lowest BCUT2D eigenvalue weighted by atomic mass is 9.92. The number of fused-ring (bicyclic) bond motifs is 1. The van der Waals surface area contributed by atoms with Gasteiger partial charge in [0.15, 0.2) is 0 Å². The number of amides is 4. The molecule has 52 heavy (non-hydrogen) atoms. The van der Waals surface area contributed by atoms with Crippen molar-refractivity contribution in [2.45, 2.75) is 108 Å². The summed E-state index contributed by atoms with van der Waals surface area (Å²) in [4.78, 5) is 51.8. The number of carbonyl (C=O) groups excluding carboxylic acids is 3. The minimum atomic E-state index is -0.522. The number of piperidine rings is 3. The number of hydrogen-bond acceptors (Lipinski definition) is 6. The van der Waals surface area contributed by atoms with E-state index in [0.717, 1.165) is 55.6 Å². The Morgan fingerprint density at radius 2 is 1.60 bits per heavy atom. The summed E-state index contributed by atoms with van der Waals surface area (Å²) in [7, 11) is 0. The van der Waals surface area contributed by atoms with Gasteiger partial charge in [0.05, 0.1) is 10.9 Å². The largest absolute Gasteiger partial charge is 0.369 e. The van der Waals surface area contributed by atoms with E-state index < -0.39 is 5.25 Å². The van der Waals surface area contributed by atoms with Crippen molar-refractivity contribution in [2.75, 3.05) is 62.6 Å². The Kier molecular flexibility index (Phi) is 11.4. The highest BCUT2D eigenvalue weighted by Crippen LogP contribution is 2.49. The van der Waals surface area contributed by atoms with Crippen molar-refractivity contribution in [3.8, 4) is 0 Å². The summed E-state index contributed by atoms with van der Waals surface area (Å²) in [5, 5.41) is 2.20. The fourth-order valence-electron chi connectivity index (χ4n) is 8.90. The predicted octanol–water partition coefficient (Wildman–Crippen LogP) is 7.87. The summed E-state index contributed by atoms with van der Waals surface area (Å²) in [6.45, 7) is 12.8. The van der Waals surface area contributed by atoms with Crippen LogP contribution in [0.25, 0.3) is 0 Å². The Bertz CT molecular complexity index is 1610. The van der Waals surface area contributed by atoms with Gasteiger partial charge in [0.2, 0.25) is 11.8 Å². The molecule has 0 bridgehead atoms. The SMILES string of the molecule is CC(C)(C)CCN1C(=O)[C@H](CC(=O)N2CCC(N3CCc4ccccc4NC3=O)CC2)SC1c1cccc(F)c1N1CCC(N2CCCCC2)CC1.[HH].[HH].[HH]. The van der Waals surface area contributed by atoms with E-state index in [2.05, 4.69) is 42.0 Å². The third kappa shape index (κ3) is 8.25. The summed E-state index contributed by atoms with van der Waals surface area (Å²) >= 11 is 1.52. The van der Waals surface area contributed by atoms with E-state index in [1.54, 1.807) is 12.1 Å². The molecule has 5 aliphatic heterocycles. The van der Waals surface area contributed by atoms with Gasteiger partial charge in [-0.15, -0.1) is 11.8 Å². The van der Waals surface area contributed by atoms with Crippen molar-refractivity contribution in [3.63, 3.8) is 0 Å². The van der Waals surface area contributed by atoms with E-state index >= 15 is 4.39 Å². The van der Waals surface area contributed by atoms with Gasteiger partial charge < -0.3 is 29.8 Å². The molecule has 0 spiro atoms. The molecule has 2 aromatic rings. The number of halogens is 1. The van der Waals surface area contributed by atoms with Gasteiger partial charge in [-0.1, -0.05) is 57.5 Å². The van der Waals surface area contributed by atoms with Crippen LogP contribution in [0.3, 0.4) is 0 Å². The van der Waals surface area contributed by atoms with Gasteiger partial charge >= 0.3 is 6.03 Å². The summed E-state index contributed by atoms with van der Waals surface area (Å²) in [5.41, 5.74) is 3.50. The number of likely N-dealkylation sites (tertiary alicyclic amines) is 2. The molecule has 7 rings (SSSR count).